The summed E-state index contributed by atoms with van der Waals surface area (Å²) in [6.07, 6.45) is 4.12. The fraction of sp³-hybridized carbons (Fsp3) is 1.00. The molecular weight excluding hydrogens is 222 g/mol. The van der Waals surface area contributed by atoms with E-state index >= 15 is 0 Å². The molecular formula is C12H27NO2S. The fourth-order valence-corrected chi connectivity index (χ4v) is 2.52. The minimum absolute atomic E-state index is 0.278. The maximum absolute atomic E-state index is 11.2. The van der Waals surface area contributed by atoms with Crippen LogP contribution in [-0.4, -0.2) is 33.0 Å². The van der Waals surface area contributed by atoms with E-state index in [0.717, 1.165) is 32.4 Å². The molecule has 0 amide bonds. The molecule has 0 aromatic heterocycles. The van der Waals surface area contributed by atoms with Crippen LogP contribution in [-0.2, 0) is 9.84 Å². The summed E-state index contributed by atoms with van der Waals surface area (Å²) < 4.78 is 22.5. The van der Waals surface area contributed by atoms with Gasteiger partial charge in [-0.2, -0.15) is 0 Å². The zero-order valence-electron chi connectivity index (χ0n) is 11.0. The van der Waals surface area contributed by atoms with Gasteiger partial charge in [-0.3, -0.25) is 0 Å². The molecule has 0 aliphatic heterocycles. The molecule has 0 bridgehead atoms. The lowest BCUT2D eigenvalue weighted by atomic mass is 10.0. The number of hydrogen-bond acceptors (Lipinski definition) is 3. The molecule has 0 aliphatic carbocycles. The summed E-state index contributed by atoms with van der Waals surface area (Å²) in [7, 11) is -2.75. The Balaban J connectivity index is 3.44. The van der Waals surface area contributed by atoms with Gasteiger partial charge >= 0.3 is 0 Å². The molecule has 98 valence electrons. The van der Waals surface area contributed by atoms with Gasteiger partial charge in [0, 0.05) is 5.75 Å². The van der Waals surface area contributed by atoms with Crippen molar-refractivity contribution in [1.29, 1.82) is 0 Å². The second-order valence-electron chi connectivity index (χ2n) is 4.54. The molecule has 0 radical (unpaired) electrons. The molecule has 0 saturated heterocycles. The van der Waals surface area contributed by atoms with Crippen LogP contribution in [0.5, 0.6) is 0 Å². The van der Waals surface area contributed by atoms with Crippen molar-refractivity contribution in [1.82, 2.24) is 5.32 Å². The highest BCUT2D eigenvalue weighted by Gasteiger charge is 2.07. The molecule has 0 aromatic rings. The van der Waals surface area contributed by atoms with Gasteiger partial charge in [-0.1, -0.05) is 27.2 Å². The van der Waals surface area contributed by atoms with E-state index in [-0.39, 0.29) is 5.75 Å². The number of unbranched alkanes of at least 4 members (excludes halogenated alkanes) is 1. The van der Waals surface area contributed by atoms with Crippen molar-refractivity contribution in [3.05, 3.63) is 0 Å². The van der Waals surface area contributed by atoms with Crippen LogP contribution in [0.2, 0.25) is 0 Å². The quantitative estimate of drug-likeness (QED) is 0.604. The summed E-state index contributed by atoms with van der Waals surface area (Å²) in [5.74, 6) is 1.29. The first-order valence-electron chi connectivity index (χ1n) is 6.43. The molecule has 0 saturated carbocycles. The van der Waals surface area contributed by atoms with Crippen LogP contribution in [0.3, 0.4) is 0 Å². The summed E-state index contributed by atoms with van der Waals surface area (Å²) >= 11 is 0. The summed E-state index contributed by atoms with van der Waals surface area (Å²) in [6, 6.07) is 0. The lowest BCUT2D eigenvalue weighted by Crippen LogP contribution is -2.21. The van der Waals surface area contributed by atoms with Gasteiger partial charge in [0.1, 0.15) is 9.84 Å². The summed E-state index contributed by atoms with van der Waals surface area (Å²) in [4.78, 5) is 0. The van der Waals surface area contributed by atoms with E-state index in [1.54, 1.807) is 6.92 Å². The van der Waals surface area contributed by atoms with Gasteiger partial charge < -0.3 is 5.32 Å². The smallest absolute Gasteiger partial charge is 0.150 e. The normalized spacial score (nSPS) is 13.9. The first kappa shape index (κ1) is 15.9. The summed E-state index contributed by atoms with van der Waals surface area (Å²) in [6.45, 7) is 8.22. The Morgan fingerprint density at radius 3 is 2.44 bits per heavy atom. The van der Waals surface area contributed by atoms with Gasteiger partial charge in [0.25, 0.3) is 0 Å². The zero-order chi connectivity index (χ0) is 12.4. The average molecular weight is 249 g/mol. The molecule has 1 atom stereocenters. The Hall–Kier alpha value is -0.0900. The molecule has 0 heterocycles. The SMILES string of the molecule is CCCNCC(C)CCCCS(=O)(=O)CC. The van der Waals surface area contributed by atoms with E-state index in [1.165, 1.54) is 6.42 Å². The molecule has 0 aromatic carbocycles. The minimum Gasteiger partial charge on any atom is -0.316 e. The van der Waals surface area contributed by atoms with E-state index in [4.69, 9.17) is 0 Å². The van der Waals surface area contributed by atoms with Gasteiger partial charge in [-0.25, -0.2) is 8.42 Å². The largest absolute Gasteiger partial charge is 0.316 e. The number of rotatable bonds is 10. The monoisotopic (exact) mass is 249 g/mol. The Bertz CT molecular complexity index is 250. The second kappa shape index (κ2) is 8.99. The maximum atomic E-state index is 11.2. The summed E-state index contributed by atoms with van der Waals surface area (Å²) in [5, 5.41) is 3.38. The number of hydrogen-bond donors (Lipinski definition) is 1. The van der Waals surface area contributed by atoms with E-state index < -0.39 is 9.84 Å². The molecule has 16 heavy (non-hydrogen) atoms. The van der Waals surface area contributed by atoms with Gasteiger partial charge in [0.15, 0.2) is 0 Å². The van der Waals surface area contributed by atoms with Crippen molar-refractivity contribution in [2.24, 2.45) is 5.92 Å². The maximum Gasteiger partial charge on any atom is 0.150 e. The van der Waals surface area contributed by atoms with Crippen molar-refractivity contribution in [3.63, 3.8) is 0 Å². The molecule has 4 heteroatoms. The molecule has 0 aliphatic rings. The van der Waals surface area contributed by atoms with Crippen LogP contribution in [0, 0.1) is 5.92 Å². The van der Waals surface area contributed by atoms with Crippen LogP contribution in [0.15, 0.2) is 0 Å². The zero-order valence-corrected chi connectivity index (χ0v) is 11.8. The third-order valence-corrected chi connectivity index (χ3v) is 4.55. The highest BCUT2D eigenvalue weighted by atomic mass is 32.2. The van der Waals surface area contributed by atoms with Gasteiger partial charge in [0.2, 0.25) is 0 Å². The molecule has 1 N–H and O–H groups in total. The van der Waals surface area contributed by atoms with Crippen molar-refractivity contribution < 1.29 is 8.42 Å². The van der Waals surface area contributed by atoms with E-state index in [1.807, 2.05) is 0 Å². The average Bonchev–Trinajstić information content (AvgIpc) is 2.25. The van der Waals surface area contributed by atoms with Crippen LogP contribution >= 0.6 is 0 Å². The summed E-state index contributed by atoms with van der Waals surface area (Å²) in [5.41, 5.74) is 0. The minimum atomic E-state index is -2.75. The van der Waals surface area contributed by atoms with E-state index in [0.29, 0.717) is 11.7 Å². The van der Waals surface area contributed by atoms with Crippen molar-refractivity contribution in [3.8, 4) is 0 Å². The van der Waals surface area contributed by atoms with Crippen LogP contribution in [0.1, 0.15) is 46.5 Å². The number of nitrogens with one attached hydrogen (secondary N) is 1. The molecule has 0 spiro atoms. The fourth-order valence-electron chi connectivity index (χ4n) is 1.59. The lowest BCUT2D eigenvalue weighted by Gasteiger charge is -2.11. The molecule has 3 nitrogen and oxygen atoms in total. The molecule has 1 unspecified atom stereocenters. The molecule has 0 fully saturated rings. The Labute approximate surface area is 101 Å². The Kier molecular flexibility index (Phi) is 8.94. The highest BCUT2D eigenvalue weighted by Crippen LogP contribution is 2.08. The highest BCUT2D eigenvalue weighted by molar-refractivity contribution is 7.91. The van der Waals surface area contributed by atoms with Crippen molar-refractivity contribution in [2.45, 2.75) is 46.5 Å². The first-order chi connectivity index (χ1) is 7.52. The van der Waals surface area contributed by atoms with Gasteiger partial charge in [0.05, 0.1) is 5.75 Å². The van der Waals surface area contributed by atoms with Crippen molar-refractivity contribution >= 4 is 9.84 Å². The second-order valence-corrected chi connectivity index (χ2v) is 7.01. The Morgan fingerprint density at radius 2 is 1.88 bits per heavy atom. The van der Waals surface area contributed by atoms with Crippen molar-refractivity contribution in [2.75, 3.05) is 24.6 Å². The third-order valence-electron chi connectivity index (χ3n) is 2.76. The van der Waals surface area contributed by atoms with Crippen LogP contribution in [0.4, 0.5) is 0 Å². The predicted molar refractivity (Wildman–Crippen MR) is 70.5 cm³/mol. The predicted octanol–water partition coefficient (Wildman–Crippen LogP) is 2.23. The molecule has 0 rings (SSSR count). The standard InChI is InChI=1S/C12H27NO2S/c1-4-9-13-11-12(3)8-6-7-10-16(14,15)5-2/h12-13H,4-11H2,1-3H3. The van der Waals surface area contributed by atoms with Crippen LogP contribution < -0.4 is 5.32 Å². The third kappa shape index (κ3) is 9.16. The van der Waals surface area contributed by atoms with Gasteiger partial charge in [-0.15, -0.1) is 0 Å². The lowest BCUT2D eigenvalue weighted by molar-refractivity contribution is 0.464. The van der Waals surface area contributed by atoms with E-state index in [9.17, 15) is 8.42 Å². The first-order valence-corrected chi connectivity index (χ1v) is 8.25. The Morgan fingerprint density at radius 1 is 1.19 bits per heavy atom. The van der Waals surface area contributed by atoms with E-state index in [2.05, 4.69) is 19.2 Å². The number of sulfone groups is 1. The van der Waals surface area contributed by atoms with Crippen LogP contribution in [0.25, 0.3) is 0 Å². The van der Waals surface area contributed by atoms with Gasteiger partial charge in [-0.05, 0) is 38.3 Å². The topological polar surface area (TPSA) is 46.2 Å².